The van der Waals surface area contributed by atoms with Crippen molar-refractivity contribution in [3.8, 4) is 5.75 Å². The molecule has 2 aromatic rings. The second kappa shape index (κ2) is 5.90. The summed E-state index contributed by atoms with van der Waals surface area (Å²) in [5, 5.41) is 10.7. The minimum absolute atomic E-state index is 0.103. The van der Waals surface area contributed by atoms with Gasteiger partial charge in [0.15, 0.2) is 0 Å². The van der Waals surface area contributed by atoms with Gasteiger partial charge in [-0.3, -0.25) is 10.1 Å². The highest BCUT2D eigenvalue weighted by atomic mass is 19.1. The van der Waals surface area contributed by atoms with E-state index in [4.69, 9.17) is 4.74 Å². The van der Waals surface area contributed by atoms with Gasteiger partial charge in [0.05, 0.1) is 11.5 Å². The number of aromatic nitrogens is 1. The Morgan fingerprint density at radius 2 is 2.00 bits per heavy atom. The van der Waals surface area contributed by atoms with Gasteiger partial charge < -0.3 is 4.74 Å². The third-order valence-corrected chi connectivity index (χ3v) is 2.52. The van der Waals surface area contributed by atoms with Crippen LogP contribution in [0.4, 0.5) is 10.1 Å². The van der Waals surface area contributed by atoms with Gasteiger partial charge >= 0.3 is 5.69 Å². The van der Waals surface area contributed by atoms with Crippen molar-refractivity contribution in [2.24, 2.45) is 0 Å². The zero-order valence-electron chi connectivity index (χ0n) is 9.95. The summed E-state index contributed by atoms with van der Waals surface area (Å²) < 4.78 is 18.5. The average Bonchev–Trinajstić information content (AvgIpc) is 2.39. The molecule has 2 rings (SSSR count). The van der Waals surface area contributed by atoms with Crippen molar-refractivity contribution in [1.82, 2.24) is 4.98 Å². The van der Waals surface area contributed by atoms with Crippen LogP contribution in [-0.4, -0.2) is 16.5 Å². The van der Waals surface area contributed by atoms with Crippen LogP contribution in [0.1, 0.15) is 5.56 Å². The molecular formula is C13H11FN2O3. The van der Waals surface area contributed by atoms with Gasteiger partial charge in [-0.2, -0.15) is 4.39 Å². The molecule has 0 aliphatic rings. The van der Waals surface area contributed by atoms with Crippen LogP contribution in [0.5, 0.6) is 5.75 Å². The number of ether oxygens (including phenoxy) is 1. The number of rotatable bonds is 5. The standard InChI is InChI=1S/C13H11FN2O3/c14-13-12(16(17)18)11(6-8-15-13)19-9-7-10-4-2-1-3-5-10/h1-6,8H,7,9H2. The fourth-order valence-corrected chi connectivity index (χ4v) is 1.62. The summed E-state index contributed by atoms with van der Waals surface area (Å²) in [5.74, 6) is -1.24. The summed E-state index contributed by atoms with van der Waals surface area (Å²) in [6.45, 7) is 0.230. The summed E-state index contributed by atoms with van der Waals surface area (Å²) in [4.78, 5) is 13.1. The Labute approximate surface area is 108 Å². The van der Waals surface area contributed by atoms with Gasteiger partial charge in [-0.15, -0.1) is 0 Å². The van der Waals surface area contributed by atoms with E-state index in [1.807, 2.05) is 30.3 Å². The van der Waals surface area contributed by atoms with Crippen molar-refractivity contribution in [2.75, 3.05) is 6.61 Å². The second-order valence-electron chi connectivity index (χ2n) is 3.79. The number of hydrogen-bond donors (Lipinski definition) is 0. The molecular weight excluding hydrogens is 251 g/mol. The number of hydrogen-bond acceptors (Lipinski definition) is 4. The van der Waals surface area contributed by atoms with Crippen LogP contribution in [0.2, 0.25) is 0 Å². The van der Waals surface area contributed by atoms with Gasteiger partial charge in [0.25, 0.3) is 5.95 Å². The molecule has 0 N–H and O–H groups in total. The lowest BCUT2D eigenvalue weighted by atomic mass is 10.2. The maximum atomic E-state index is 13.2. The molecule has 0 saturated carbocycles. The maximum absolute atomic E-state index is 13.2. The normalized spacial score (nSPS) is 10.2. The summed E-state index contributed by atoms with van der Waals surface area (Å²) >= 11 is 0. The zero-order valence-corrected chi connectivity index (χ0v) is 9.95. The van der Waals surface area contributed by atoms with Crippen molar-refractivity contribution >= 4 is 5.69 Å². The smallest absolute Gasteiger partial charge is 0.365 e. The molecule has 0 spiro atoms. The van der Waals surface area contributed by atoms with Crippen LogP contribution >= 0.6 is 0 Å². The van der Waals surface area contributed by atoms with E-state index in [1.165, 1.54) is 6.07 Å². The molecule has 1 aromatic heterocycles. The molecule has 0 atom stereocenters. The second-order valence-corrected chi connectivity index (χ2v) is 3.79. The van der Waals surface area contributed by atoms with E-state index in [0.29, 0.717) is 6.42 Å². The molecule has 0 amide bonds. The summed E-state index contributed by atoms with van der Waals surface area (Å²) in [5.41, 5.74) is 0.315. The first-order chi connectivity index (χ1) is 9.18. The van der Waals surface area contributed by atoms with Crippen LogP contribution in [-0.2, 0) is 6.42 Å². The fraction of sp³-hybridized carbons (Fsp3) is 0.154. The monoisotopic (exact) mass is 262 g/mol. The van der Waals surface area contributed by atoms with E-state index in [-0.39, 0.29) is 12.4 Å². The van der Waals surface area contributed by atoms with Crippen LogP contribution in [0, 0.1) is 16.1 Å². The lowest BCUT2D eigenvalue weighted by molar-refractivity contribution is -0.389. The van der Waals surface area contributed by atoms with E-state index in [2.05, 4.69) is 4.98 Å². The predicted molar refractivity (Wildman–Crippen MR) is 66.5 cm³/mol. The molecule has 1 heterocycles. The Kier molecular flexibility index (Phi) is 4.02. The van der Waals surface area contributed by atoms with Crippen molar-refractivity contribution in [3.63, 3.8) is 0 Å². The predicted octanol–water partition coefficient (Wildman–Crippen LogP) is 2.75. The van der Waals surface area contributed by atoms with Gasteiger partial charge in [0, 0.05) is 18.7 Å². The molecule has 19 heavy (non-hydrogen) atoms. The van der Waals surface area contributed by atoms with E-state index in [1.54, 1.807) is 0 Å². The highest BCUT2D eigenvalue weighted by Gasteiger charge is 2.22. The van der Waals surface area contributed by atoms with E-state index >= 15 is 0 Å². The SMILES string of the molecule is O=[N+]([O-])c1c(OCCc2ccccc2)ccnc1F. The zero-order chi connectivity index (χ0) is 13.7. The number of nitro groups is 1. The topological polar surface area (TPSA) is 65.3 Å². The number of nitrogens with zero attached hydrogens (tertiary/aromatic N) is 2. The first-order valence-electron chi connectivity index (χ1n) is 5.64. The first kappa shape index (κ1) is 12.9. The molecule has 0 unspecified atom stereocenters. The van der Waals surface area contributed by atoms with E-state index in [9.17, 15) is 14.5 Å². The Morgan fingerprint density at radius 1 is 1.26 bits per heavy atom. The molecule has 0 aliphatic carbocycles. The highest BCUT2D eigenvalue weighted by molar-refractivity contribution is 5.44. The summed E-state index contributed by atoms with van der Waals surface area (Å²) in [7, 11) is 0. The molecule has 6 heteroatoms. The lowest BCUT2D eigenvalue weighted by Crippen LogP contribution is -2.05. The third-order valence-electron chi connectivity index (χ3n) is 2.52. The molecule has 0 saturated heterocycles. The minimum atomic E-state index is -1.14. The average molecular weight is 262 g/mol. The number of benzene rings is 1. The quantitative estimate of drug-likeness (QED) is 0.472. The number of pyridine rings is 1. The maximum Gasteiger partial charge on any atom is 0.365 e. The van der Waals surface area contributed by atoms with Gasteiger partial charge in [-0.1, -0.05) is 30.3 Å². The minimum Gasteiger partial charge on any atom is -0.486 e. The summed E-state index contributed by atoms with van der Waals surface area (Å²) in [6.07, 6.45) is 1.72. The largest absolute Gasteiger partial charge is 0.486 e. The molecule has 0 fully saturated rings. The van der Waals surface area contributed by atoms with Crippen molar-refractivity contribution < 1.29 is 14.1 Å². The van der Waals surface area contributed by atoms with Crippen molar-refractivity contribution in [2.45, 2.75) is 6.42 Å². The van der Waals surface area contributed by atoms with Crippen molar-refractivity contribution in [3.05, 3.63) is 64.2 Å². The Hall–Kier alpha value is -2.50. The summed E-state index contributed by atoms with van der Waals surface area (Å²) in [6, 6.07) is 10.8. The van der Waals surface area contributed by atoms with Gasteiger partial charge in [0.1, 0.15) is 0 Å². The number of halogens is 1. The molecule has 0 radical (unpaired) electrons. The Balaban J connectivity index is 2.04. The van der Waals surface area contributed by atoms with Crippen LogP contribution in [0.3, 0.4) is 0 Å². The highest BCUT2D eigenvalue weighted by Crippen LogP contribution is 2.27. The van der Waals surface area contributed by atoms with Gasteiger partial charge in [0.2, 0.25) is 5.75 Å². The van der Waals surface area contributed by atoms with Crippen LogP contribution in [0.15, 0.2) is 42.6 Å². The Bertz CT molecular complexity index is 575. The van der Waals surface area contributed by atoms with Gasteiger partial charge in [-0.25, -0.2) is 4.98 Å². The van der Waals surface area contributed by atoms with Gasteiger partial charge in [-0.05, 0) is 5.56 Å². The van der Waals surface area contributed by atoms with Crippen LogP contribution in [0.25, 0.3) is 0 Å². The van der Waals surface area contributed by atoms with E-state index < -0.39 is 16.6 Å². The van der Waals surface area contributed by atoms with Crippen molar-refractivity contribution in [1.29, 1.82) is 0 Å². The molecule has 98 valence electrons. The first-order valence-corrected chi connectivity index (χ1v) is 5.64. The lowest BCUT2D eigenvalue weighted by Gasteiger charge is -2.06. The molecule has 0 bridgehead atoms. The Morgan fingerprint density at radius 3 is 2.68 bits per heavy atom. The van der Waals surface area contributed by atoms with Crippen LogP contribution < -0.4 is 4.74 Å². The van der Waals surface area contributed by atoms with E-state index in [0.717, 1.165) is 11.8 Å². The molecule has 1 aromatic carbocycles. The molecule has 5 nitrogen and oxygen atoms in total. The fourth-order valence-electron chi connectivity index (χ4n) is 1.62. The third kappa shape index (κ3) is 3.25. The molecule has 0 aliphatic heterocycles.